The second kappa shape index (κ2) is 16.4. The van der Waals surface area contributed by atoms with Gasteiger partial charge in [-0.15, -0.1) is 11.3 Å². The van der Waals surface area contributed by atoms with Crippen molar-refractivity contribution in [3.05, 3.63) is 142 Å². The van der Waals surface area contributed by atoms with Crippen molar-refractivity contribution in [2.75, 3.05) is 24.2 Å². The van der Waals surface area contributed by atoms with Gasteiger partial charge >= 0.3 is 5.97 Å². The molecule has 4 aromatic carbocycles. The number of aliphatic carboxylic acids is 1. The molecule has 4 aliphatic rings. The van der Waals surface area contributed by atoms with E-state index in [2.05, 4.69) is 52.2 Å². The Bertz CT molecular complexity index is 2390. The molecule has 3 aliphatic heterocycles. The molecule has 2 amide bonds. The van der Waals surface area contributed by atoms with Crippen LogP contribution in [0.25, 0.3) is 0 Å². The number of amides is 2. The summed E-state index contributed by atoms with van der Waals surface area (Å²) < 4.78 is 14.0. The lowest BCUT2D eigenvalue weighted by molar-refractivity contribution is -0.160. The number of hydrogen-bond acceptors (Lipinski definition) is 12. The second-order valence-corrected chi connectivity index (χ2v) is 18.5. The number of nitrogens with one attached hydrogen (secondary N) is 2. The maximum atomic E-state index is 14.3. The summed E-state index contributed by atoms with van der Waals surface area (Å²) in [7, 11) is -1.86. The third-order valence-corrected chi connectivity index (χ3v) is 14.8. The average Bonchev–Trinajstić information content (AvgIpc) is 4.05. The Hall–Kier alpha value is -6.10. The number of β-lactam (4-membered cyclic amide) rings is 1. The SMILES string of the molecule is O=C(NC1C(=O)N2CC(CN3Cc4cc(O)c(O)cc4C3)(C(=O)O)CS(=O)[C@H]12)C(=NOC1CCCC1)c1csc(NC(c2ccccc2)(c2ccccc2)c2ccccc2)n1. The van der Waals surface area contributed by atoms with Gasteiger partial charge in [0.05, 0.1) is 0 Å². The number of phenols is 2. The third kappa shape index (κ3) is 7.53. The van der Waals surface area contributed by atoms with Crippen molar-refractivity contribution >= 4 is 50.8 Å². The highest BCUT2D eigenvalue weighted by molar-refractivity contribution is 7.86. The van der Waals surface area contributed by atoms with Gasteiger partial charge in [0, 0.05) is 48.1 Å². The first-order valence-corrected chi connectivity index (χ1v) is 22.4. The van der Waals surface area contributed by atoms with Crippen molar-refractivity contribution < 1.29 is 38.7 Å². The lowest BCUT2D eigenvalue weighted by Gasteiger charge is -2.53. The molecule has 4 atom stereocenters. The highest BCUT2D eigenvalue weighted by Crippen LogP contribution is 2.42. The van der Waals surface area contributed by atoms with Crippen LogP contribution in [0.4, 0.5) is 5.13 Å². The van der Waals surface area contributed by atoms with Crippen LogP contribution in [0.3, 0.4) is 0 Å². The quantitative estimate of drug-likeness (QED) is 0.0347. The first kappa shape index (κ1) is 40.3. The predicted octanol–water partition coefficient (Wildman–Crippen LogP) is 5.12. The predicted molar refractivity (Wildman–Crippen MR) is 229 cm³/mol. The molecule has 9 rings (SSSR count). The minimum atomic E-state index is -1.86. The van der Waals surface area contributed by atoms with Gasteiger partial charge in [-0.25, -0.2) is 4.98 Å². The van der Waals surface area contributed by atoms with Gasteiger partial charge in [0.15, 0.2) is 22.3 Å². The molecule has 5 aromatic rings. The molecule has 5 N–H and O–H groups in total. The maximum Gasteiger partial charge on any atom is 0.313 e. The summed E-state index contributed by atoms with van der Waals surface area (Å²) in [6.45, 7) is 0.399. The van der Waals surface area contributed by atoms with E-state index in [1.54, 1.807) is 5.38 Å². The zero-order valence-corrected chi connectivity index (χ0v) is 34.6. The van der Waals surface area contributed by atoms with Gasteiger partial charge < -0.3 is 35.7 Å². The van der Waals surface area contributed by atoms with Crippen molar-refractivity contribution in [2.45, 2.75) is 61.8 Å². The highest BCUT2D eigenvalue weighted by atomic mass is 32.2. The number of phenolic OH excluding ortho intramolecular Hbond substituents is 2. The van der Waals surface area contributed by atoms with E-state index in [1.165, 1.54) is 28.4 Å². The van der Waals surface area contributed by atoms with Crippen LogP contribution in [0.1, 0.15) is 59.2 Å². The van der Waals surface area contributed by atoms with Gasteiger partial charge in [-0.1, -0.05) is 96.2 Å². The molecule has 14 nitrogen and oxygen atoms in total. The Balaban J connectivity index is 0.967. The fraction of sp³-hybridized carbons (Fsp3) is 0.311. The monoisotopic (exact) mass is 860 g/mol. The number of rotatable bonds is 13. The fourth-order valence-corrected chi connectivity index (χ4v) is 11.8. The van der Waals surface area contributed by atoms with Gasteiger partial charge in [0.2, 0.25) is 5.91 Å². The molecule has 1 saturated carbocycles. The number of aromatic nitrogens is 1. The molecule has 3 unspecified atom stereocenters. The van der Waals surface area contributed by atoms with Crippen LogP contribution in [0.15, 0.2) is 114 Å². The summed E-state index contributed by atoms with van der Waals surface area (Å²) >= 11 is 1.29. The van der Waals surface area contributed by atoms with Crippen LogP contribution >= 0.6 is 11.3 Å². The number of benzene rings is 4. The minimum Gasteiger partial charge on any atom is -0.504 e. The van der Waals surface area contributed by atoms with Crippen molar-refractivity contribution in [2.24, 2.45) is 10.6 Å². The molecule has 0 radical (unpaired) electrons. The van der Waals surface area contributed by atoms with Crippen LogP contribution in [-0.4, -0.2) is 94.2 Å². The van der Waals surface area contributed by atoms with Crippen molar-refractivity contribution in [1.82, 2.24) is 20.1 Å². The Labute approximate surface area is 358 Å². The summed E-state index contributed by atoms with van der Waals surface area (Å²) in [4.78, 5) is 54.9. The lowest BCUT2D eigenvalue weighted by atomic mass is 9.77. The summed E-state index contributed by atoms with van der Waals surface area (Å²) in [6, 6.07) is 31.8. The molecule has 16 heteroatoms. The number of thiazole rings is 1. The number of oxime groups is 1. The molecule has 61 heavy (non-hydrogen) atoms. The number of nitrogens with zero attached hydrogens (tertiary/aromatic N) is 4. The molecule has 0 spiro atoms. The van der Waals surface area contributed by atoms with Gasteiger partial charge in [0.25, 0.3) is 5.91 Å². The van der Waals surface area contributed by atoms with Gasteiger partial charge in [0.1, 0.15) is 34.2 Å². The molecule has 2 saturated heterocycles. The summed E-state index contributed by atoms with van der Waals surface area (Å²) in [5.41, 5.74) is 2.02. The van der Waals surface area contributed by atoms with Crippen LogP contribution in [0.5, 0.6) is 11.5 Å². The summed E-state index contributed by atoms with van der Waals surface area (Å²) in [5.74, 6) is -3.26. The number of hydrogen-bond donors (Lipinski definition) is 5. The Morgan fingerprint density at radius 2 is 1.46 bits per heavy atom. The van der Waals surface area contributed by atoms with E-state index in [0.29, 0.717) is 18.2 Å². The molecule has 1 aliphatic carbocycles. The Kier molecular flexibility index (Phi) is 10.8. The van der Waals surface area contributed by atoms with Crippen molar-refractivity contribution in [3.8, 4) is 11.5 Å². The minimum absolute atomic E-state index is 0.0204. The van der Waals surface area contributed by atoms with Gasteiger partial charge in [-0.05, 0) is 65.6 Å². The third-order valence-electron chi connectivity index (χ3n) is 12.1. The lowest BCUT2D eigenvalue weighted by Crippen LogP contribution is -2.78. The maximum absolute atomic E-state index is 14.3. The smallest absolute Gasteiger partial charge is 0.313 e. The highest BCUT2D eigenvalue weighted by Gasteiger charge is 2.61. The van der Waals surface area contributed by atoms with E-state index in [1.807, 2.05) is 59.5 Å². The molecule has 0 bridgehead atoms. The van der Waals surface area contributed by atoms with Gasteiger partial charge in [-0.2, -0.15) is 0 Å². The van der Waals surface area contributed by atoms with Crippen LogP contribution in [0.2, 0.25) is 0 Å². The second-order valence-electron chi connectivity index (χ2n) is 16.1. The number of fused-ring (bicyclic) bond motifs is 2. The normalized spacial score (nSPS) is 22.9. The average molecular weight is 861 g/mol. The molecule has 314 valence electrons. The number of anilines is 1. The zero-order valence-electron chi connectivity index (χ0n) is 33.0. The summed E-state index contributed by atoms with van der Waals surface area (Å²) in [6.07, 6.45) is 3.34. The van der Waals surface area contributed by atoms with Crippen LogP contribution in [-0.2, 0) is 48.6 Å². The topological polar surface area (TPSA) is 194 Å². The number of carboxylic acid groups (broad SMARTS) is 1. The Morgan fingerprint density at radius 3 is 2.00 bits per heavy atom. The first-order valence-electron chi connectivity index (χ1n) is 20.2. The van der Waals surface area contributed by atoms with Crippen LogP contribution < -0.4 is 10.6 Å². The number of carbonyl (C=O) groups excluding carboxylic acids is 2. The van der Waals surface area contributed by atoms with E-state index < -0.39 is 51.0 Å². The van der Waals surface area contributed by atoms with E-state index in [-0.39, 0.29) is 47.9 Å². The number of aromatic hydroxyl groups is 2. The van der Waals surface area contributed by atoms with Crippen molar-refractivity contribution in [3.63, 3.8) is 0 Å². The van der Waals surface area contributed by atoms with Gasteiger partial charge in [-0.3, -0.25) is 23.5 Å². The van der Waals surface area contributed by atoms with E-state index in [4.69, 9.17) is 9.82 Å². The Morgan fingerprint density at radius 1 is 0.902 bits per heavy atom. The molecular weight excluding hydrogens is 817 g/mol. The zero-order chi connectivity index (χ0) is 42.3. The molecule has 4 heterocycles. The van der Waals surface area contributed by atoms with Crippen molar-refractivity contribution in [1.29, 1.82) is 0 Å². The fourth-order valence-electron chi connectivity index (χ4n) is 9.09. The number of carboxylic acids is 1. The number of carbonyl (C=O) groups is 3. The van der Waals surface area contributed by atoms with E-state index in [9.17, 15) is 33.9 Å². The standard InChI is InChI=1S/C45H44N6O8S2/c52-35-20-28-22-50(23-29(28)21-36(35)53)25-44(42(56)57)26-51-40(55)38(41(51)61(58)27-44)47-39(54)37(49-59-33-18-10-11-19-33)34-24-60-43(46-34)48-45(30-12-4-1-5-13-30,31-14-6-2-7-15-31)32-16-8-3-9-17-32/h1-9,12-17,20-21,24,33,38,41,52-53H,10-11,18-19,22-23,25-27H2,(H,46,48)(H,47,54)(H,56,57)/t38?,41-,44?,61?/m1/s1. The van der Waals surface area contributed by atoms with E-state index in [0.717, 1.165) is 53.5 Å². The molecule has 1 aromatic heterocycles. The van der Waals surface area contributed by atoms with Crippen LogP contribution in [0, 0.1) is 5.41 Å². The van der Waals surface area contributed by atoms with E-state index >= 15 is 0 Å². The molecular formula is C45H44N6O8S2. The first-order chi connectivity index (χ1) is 29.5. The molecule has 3 fully saturated rings. The largest absolute Gasteiger partial charge is 0.504 e. The summed E-state index contributed by atoms with van der Waals surface area (Å²) in [5, 5.41) is 42.6.